The van der Waals surface area contributed by atoms with Gasteiger partial charge in [0.25, 0.3) is 0 Å². The molecule has 1 rings (SSSR count). The molecule has 0 fully saturated rings. The van der Waals surface area contributed by atoms with Crippen LogP contribution in [0.4, 0.5) is 0 Å². The van der Waals surface area contributed by atoms with Gasteiger partial charge in [-0.1, -0.05) is 29.7 Å². The Balaban J connectivity index is 2.67. The summed E-state index contributed by atoms with van der Waals surface area (Å²) >= 11 is 5.98. The van der Waals surface area contributed by atoms with Crippen LogP contribution in [0.2, 0.25) is 5.02 Å². The molecular weight excluding hydrogens is 256 g/mol. The molecule has 0 aliphatic carbocycles. The molecule has 6 heteroatoms. The van der Waals surface area contributed by atoms with Crippen LogP contribution in [0.15, 0.2) is 23.4 Å². The van der Waals surface area contributed by atoms with Gasteiger partial charge in [-0.2, -0.15) is 0 Å². The van der Waals surface area contributed by atoms with E-state index in [2.05, 4.69) is 5.16 Å². The van der Waals surface area contributed by atoms with Crippen LogP contribution < -0.4 is 10.5 Å². The van der Waals surface area contributed by atoms with Crippen LogP contribution in [-0.4, -0.2) is 30.9 Å². The number of ether oxygens (including phenoxy) is 2. The Morgan fingerprint density at radius 1 is 1.39 bits per heavy atom. The summed E-state index contributed by atoms with van der Waals surface area (Å²) in [6.07, 6.45) is 0.965. The second kappa shape index (κ2) is 7.79. The van der Waals surface area contributed by atoms with Crippen molar-refractivity contribution in [3.05, 3.63) is 28.8 Å². The first-order valence-corrected chi connectivity index (χ1v) is 6.05. The number of hydrogen-bond acceptors (Lipinski definition) is 4. The van der Waals surface area contributed by atoms with Crippen LogP contribution in [0.1, 0.15) is 18.9 Å². The third-order valence-electron chi connectivity index (χ3n) is 2.17. The predicted molar refractivity (Wildman–Crippen MR) is 70.6 cm³/mol. The molecule has 0 aliphatic rings. The van der Waals surface area contributed by atoms with Crippen LogP contribution in [0.5, 0.6) is 5.75 Å². The lowest BCUT2D eigenvalue weighted by molar-refractivity contribution is 0.101. The lowest BCUT2D eigenvalue weighted by Crippen LogP contribution is -2.16. The SMILES string of the molecule is CCCOCCOc1cccc(Cl)c1C(N)=NO. The van der Waals surface area contributed by atoms with E-state index in [-0.39, 0.29) is 5.84 Å². The van der Waals surface area contributed by atoms with Crippen molar-refractivity contribution >= 4 is 17.4 Å². The Hall–Kier alpha value is -1.46. The predicted octanol–water partition coefficient (Wildman–Crippen LogP) is 2.24. The van der Waals surface area contributed by atoms with Crippen LogP contribution >= 0.6 is 11.6 Å². The average molecular weight is 273 g/mol. The molecule has 1 aromatic rings. The van der Waals surface area contributed by atoms with Crippen molar-refractivity contribution < 1.29 is 14.7 Å². The maximum atomic E-state index is 8.70. The Morgan fingerprint density at radius 3 is 2.83 bits per heavy atom. The molecule has 0 spiro atoms. The van der Waals surface area contributed by atoms with Crippen molar-refractivity contribution in [2.75, 3.05) is 19.8 Å². The highest BCUT2D eigenvalue weighted by Crippen LogP contribution is 2.26. The highest BCUT2D eigenvalue weighted by atomic mass is 35.5. The first kappa shape index (κ1) is 14.6. The summed E-state index contributed by atoms with van der Waals surface area (Å²) in [5.41, 5.74) is 5.94. The molecule has 100 valence electrons. The van der Waals surface area contributed by atoms with E-state index >= 15 is 0 Å². The molecule has 3 N–H and O–H groups in total. The van der Waals surface area contributed by atoms with Gasteiger partial charge in [-0.3, -0.25) is 0 Å². The van der Waals surface area contributed by atoms with Crippen molar-refractivity contribution in [3.63, 3.8) is 0 Å². The highest BCUT2D eigenvalue weighted by Gasteiger charge is 2.12. The highest BCUT2D eigenvalue weighted by molar-refractivity contribution is 6.34. The zero-order valence-electron chi connectivity index (χ0n) is 10.2. The topological polar surface area (TPSA) is 77.1 Å². The molecule has 0 saturated carbocycles. The minimum atomic E-state index is -0.0786. The first-order valence-electron chi connectivity index (χ1n) is 5.67. The van der Waals surface area contributed by atoms with E-state index in [0.29, 0.717) is 36.2 Å². The summed E-state index contributed by atoms with van der Waals surface area (Å²) in [6, 6.07) is 5.09. The van der Waals surface area contributed by atoms with Crippen molar-refractivity contribution in [1.29, 1.82) is 0 Å². The van der Waals surface area contributed by atoms with Gasteiger partial charge in [0.2, 0.25) is 0 Å². The smallest absolute Gasteiger partial charge is 0.175 e. The monoisotopic (exact) mass is 272 g/mol. The van der Waals surface area contributed by atoms with Gasteiger partial charge in [0, 0.05) is 6.61 Å². The van der Waals surface area contributed by atoms with Crippen LogP contribution in [0.25, 0.3) is 0 Å². The molecule has 0 aliphatic heterocycles. The standard InChI is InChI=1S/C12H17ClN2O3/c1-2-6-17-7-8-18-10-5-3-4-9(13)11(10)12(14)15-16/h3-5,16H,2,6-8H2,1H3,(H2,14,15). The molecule has 5 nitrogen and oxygen atoms in total. The zero-order chi connectivity index (χ0) is 13.4. The third-order valence-corrected chi connectivity index (χ3v) is 2.49. The number of nitrogens with zero attached hydrogens (tertiary/aromatic N) is 1. The number of benzene rings is 1. The maximum absolute atomic E-state index is 8.70. The fraction of sp³-hybridized carbons (Fsp3) is 0.417. The van der Waals surface area contributed by atoms with Crippen LogP contribution in [0, 0.1) is 0 Å². The van der Waals surface area contributed by atoms with Gasteiger partial charge in [-0.05, 0) is 18.6 Å². The number of amidine groups is 1. The summed E-state index contributed by atoms with van der Waals surface area (Å²) in [4.78, 5) is 0. The zero-order valence-corrected chi connectivity index (χ0v) is 11.0. The quantitative estimate of drug-likeness (QED) is 0.262. The van der Waals surface area contributed by atoms with Gasteiger partial charge in [-0.25, -0.2) is 0 Å². The summed E-state index contributed by atoms with van der Waals surface area (Å²) in [7, 11) is 0. The van der Waals surface area contributed by atoms with Crippen molar-refractivity contribution in [3.8, 4) is 5.75 Å². The van der Waals surface area contributed by atoms with Crippen molar-refractivity contribution in [2.45, 2.75) is 13.3 Å². The lowest BCUT2D eigenvalue weighted by atomic mass is 10.2. The summed E-state index contributed by atoms with van der Waals surface area (Å²) < 4.78 is 10.8. The Morgan fingerprint density at radius 2 is 2.17 bits per heavy atom. The second-order valence-corrected chi connectivity index (χ2v) is 3.97. The molecule has 0 heterocycles. The molecule has 18 heavy (non-hydrogen) atoms. The number of hydrogen-bond donors (Lipinski definition) is 2. The summed E-state index contributed by atoms with van der Waals surface area (Å²) in [5.74, 6) is 0.392. The Labute approximate surface area is 111 Å². The lowest BCUT2D eigenvalue weighted by Gasteiger charge is -2.11. The van der Waals surface area contributed by atoms with E-state index in [1.165, 1.54) is 0 Å². The van der Waals surface area contributed by atoms with Crippen molar-refractivity contribution in [1.82, 2.24) is 0 Å². The molecule has 0 bridgehead atoms. The van der Waals surface area contributed by atoms with E-state index in [1.54, 1.807) is 18.2 Å². The van der Waals surface area contributed by atoms with Gasteiger partial charge < -0.3 is 20.4 Å². The van der Waals surface area contributed by atoms with Gasteiger partial charge in [0.15, 0.2) is 5.84 Å². The number of nitrogens with two attached hydrogens (primary N) is 1. The number of rotatable bonds is 7. The molecular formula is C12H17ClN2O3. The normalized spacial score (nSPS) is 11.6. The van der Waals surface area contributed by atoms with E-state index < -0.39 is 0 Å². The van der Waals surface area contributed by atoms with Crippen LogP contribution in [-0.2, 0) is 4.74 Å². The minimum Gasteiger partial charge on any atom is -0.490 e. The van der Waals surface area contributed by atoms with E-state index in [1.807, 2.05) is 6.92 Å². The molecule has 0 radical (unpaired) electrons. The van der Waals surface area contributed by atoms with E-state index in [0.717, 1.165) is 6.42 Å². The molecule has 0 aromatic heterocycles. The fourth-order valence-corrected chi connectivity index (χ4v) is 1.64. The van der Waals surface area contributed by atoms with Gasteiger partial charge >= 0.3 is 0 Å². The van der Waals surface area contributed by atoms with E-state index in [9.17, 15) is 0 Å². The summed E-state index contributed by atoms with van der Waals surface area (Å²) in [6.45, 7) is 3.60. The third kappa shape index (κ3) is 4.09. The van der Waals surface area contributed by atoms with Crippen LogP contribution in [0.3, 0.4) is 0 Å². The maximum Gasteiger partial charge on any atom is 0.175 e. The molecule has 0 saturated heterocycles. The molecule has 1 aromatic carbocycles. The van der Waals surface area contributed by atoms with Gasteiger partial charge in [0.05, 0.1) is 17.2 Å². The van der Waals surface area contributed by atoms with Gasteiger partial charge in [-0.15, -0.1) is 0 Å². The average Bonchev–Trinajstić information content (AvgIpc) is 2.38. The number of halogens is 1. The van der Waals surface area contributed by atoms with E-state index in [4.69, 9.17) is 32.0 Å². The first-order chi connectivity index (χ1) is 8.70. The minimum absolute atomic E-state index is 0.0786. The summed E-state index contributed by atoms with van der Waals surface area (Å²) in [5, 5.41) is 12.0. The molecule has 0 amide bonds. The number of oxime groups is 1. The fourth-order valence-electron chi connectivity index (χ4n) is 1.38. The second-order valence-electron chi connectivity index (χ2n) is 3.56. The van der Waals surface area contributed by atoms with Gasteiger partial charge in [0.1, 0.15) is 12.4 Å². The Bertz CT molecular complexity index is 410. The Kier molecular flexibility index (Phi) is 6.32. The van der Waals surface area contributed by atoms with Crippen molar-refractivity contribution in [2.24, 2.45) is 10.9 Å². The molecule has 0 unspecified atom stereocenters. The molecule has 0 atom stereocenters. The largest absolute Gasteiger partial charge is 0.490 e.